The molecule has 3 nitrogen and oxygen atoms in total. The second kappa shape index (κ2) is 5.48. The van der Waals surface area contributed by atoms with Gasteiger partial charge in [0.1, 0.15) is 11.6 Å². The average molecular weight is 302 g/mol. The molecule has 0 N–H and O–H groups in total. The summed E-state index contributed by atoms with van der Waals surface area (Å²) in [6.45, 7) is 0. The van der Waals surface area contributed by atoms with Crippen molar-refractivity contribution in [3.05, 3.63) is 64.0 Å². The quantitative estimate of drug-likeness (QED) is 0.492. The lowest BCUT2D eigenvalue weighted by Crippen LogP contribution is -1.99. The zero-order chi connectivity index (χ0) is 13.0. The van der Waals surface area contributed by atoms with Crippen LogP contribution in [0.25, 0.3) is 6.08 Å². The summed E-state index contributed by atoms with van der Waals surface area (Å²) < 4.78 is 5.88. The molecule has 0 unspecified atom stereocenters. The molecule has 1 heterocycles. The maximum Gasteiger partial charge on any atom is 0.238 e. The van der Waals surface area contributed by atoms with Crippen LogP contribution < -0.4 is 0 Å². The molecule has 18 heavy (non-hydrogen) atoms. The Bertz CT molecular complexity index is 636. The minimum absolute atomic E-state index is 0.0445. The van der Waals surface area contributed by atoms with Gasteiger partial charge in [-0.25, -0.2) is 0 Å². The highest BCUT2D eigenvalue weighted by atomic mass is 79.9. The van der Waals surface area contributed by atoms with E-state index in [0.29, 0.717) is 0 Å². The first-order valence-corrected chi connectivity index (χ1v) is 5.95. The molecule has 0 radical (unpaired) electrons. The standard InChI is InChI=1S/C14H8BrNO2/c15-12-4-1-3-10(8-12)7-11(9-16)14(17)13-5-2-6-18-13/h1-8H/b11-7+. The van der Waals surface area contributed by atoms with Gasteiger partial charge in [0.15, 0.2) is 5.76 Å². The van der Waals surface area contributed by atoms with Crippen LogP contribution in [0.3, 0.4) is 0 Å². The summed E-state index contributed by atoms with van der Waals surface area (Å²) in [6, 6.07) is 12.4. The summed E-state index contributed by atoms with van der Waals surface area (Å²) in [7, 11) is 0. The van der Waals surface area contributed by atoms with E-state index in [4.69, 9.17) is 9.68 Å². The highest BCUT2D eigenvalue weighted by Gasteiger charge is 2.14. The van der Waals surface area contributed by atoms with Crippen LogP contribution in [0.2, 0.25) is 0 Å². The van der Waals surface area contributed by atoms with Gasteiger partial charge in [-0.3, -0.25) is 4.79 Å². The minimum atomic E-state index is -0.414. The first-order valence-electron chi connectivity index (χ1n) is 5.16. The summed E-state index contributed by atoms with van der Waals surface area (Å²) in [4.78, 5) is 11.9. The topological polar surface area (TPSA) is 54.0 Å². The van der Waals surface area contributed by atoms with Crippen molar-refractivity contribution >= 4 is 27.8 Å². The third-order valence-corrected chi connectivity index (χ3v) is 2.76. The molecule has 0 amide bonds. The molecule has 0 saturated heterocycles. The third kappa shape index (κ3) is 2.76. The lowest BCUT2D eigenvalue weighted by molar-refractivity contribution is 0.101. The van der Waals surface area contributed by atoms with Crippen molar-refractivity contribution < 1.29 is 9.21 Å². The Morgan fingerprint density at radius 3 is 2.78 bits per heavy atom. The molecule has 0 aliphatic carbocycles. The van der Waals surface area contributed by atoms with E-state index < -0.39 is 5.78 Å². The smallest absolute Gasteiger partial charge is 0.238 e. The van der Waals surface area contributed by atoms with Crippen molar-refractivity contribution in [1.29, 1.82) is 5.26 Å². The van der Waals surface area contributed by atoms with Crippen LogP contribution in [-0.2, 0) is 0 Å². The molecule has 2 rings (SSSR count). The lowest BCUT2D eigenvalue weighted by Gasteiger charge is -1.97. The van der Waals surface area contributed by atoms with E-state index in [1.807, 2.05) is 30.3 Å². The summed E-state index contributed by atoms with van der Waals surface area (Å²) in [5.41, 5.74) is 0.823. The minimum Gasteiger partial charge on any atom is -0.461 e. The fourth-order valence-electron chi connectivity index (χ4n) is 1.45. The van der Waals surface area contributed by atoms with Gasteiger partial charge in [0.05, 0.1) is 6.26 Å². The number of allylic oxidation sites excluding steroid dienone is 1. The second-order valence-electron chi connectivity index (χ2n) is 3.53. The van der Waals surface area contributed by atoms with Crippen molar-refractivity contribution in [3.8, 4) is 6.07 Å². The van der Waals surface area contributed by atoms with Crippen molar-refractivity contribution in [2.24, 2.45) is 0 Å². The number of hydrogen-bond donors (Lipinski definition) is 0. The number of halogens is 1. The number of hydrogen-bond acceptors (Lipinski definition) is 3. The highest BCUT2D eigenvalue weighted by Crippen LogP contribution is 2.16. The molecule has 4 heteroatoms. The van der Waals surface area contributed by atoms with Gasteiger partial charge in [0.2, 0.25) is 5.78 Å². The average Bonchev–Trinajstić information content (AvgIpc) is 2.89. The second-order valence-corrected chi connectivity index (χ2v) is 4.45. The van der Waals surface area contributed by atoms with Gasteiger partial charge < -0.3 is 4.42 Å². The third-order valence-electron chi connectivity index (χ3n) is 2.27. The number of Topliss-reactive ketones (excluding diaryl/α,β-unsaturated/α-hetero) is 1. The molecule has 0 saturated carbocycles. The van der Waals surface area contributed by atoms with Crippen LogP contribution in [-0.4, -0.2) is 5.78 Å². The van der Waals surface area contributed by atoms with Crippen LogP contribution in [0, 0.1) is 11.3 Å². The summed E-state index contributed by atoms with van der Waals surface area (Å²) in [5, 5.41) is 9.03. The van der Waals surface area contributed by atoms with Gasteiger partial charge in [-0.05, 0) is 35.9 Å². The maximum atomic E-state index is 11.9. The predicted molar refractivity (Wildman–Crippen MR) is 70.8 cm³/mol. The number of nitriles is 1. The summed E-state index contributed by atoms with van der Waals surface area (Å²) in [6.07, 6.45) is 2.94. The van der Waals surface area contributed by atoms with Gasteiger partial charge in [-0.15, -0.1) is 0 Å². The largest absolute Gasteiger partial charge is 0.461 e. The first-order chi connectivity index (χ1) is 8.70. The number of rotatable bonds is 3. The first kappa shape index (κ1) is 12.3. The molecule has 0 aliphatic heterocycles. The van der Waals surface area contributed by atoms with Crippen LogP contribution in [0.4, 0.5) is 0 Å². The van der Waals surface area contributed by atoms with Crippen molar-refractivity contribution in [2.45, 2.75) is 0 Å². The van der Waals surface area contributed by atoms with Crippen molar-refractivity contribution in [2.75, 3.05) is 0 Å². The van der Waals surface area contributed by atoms with Gasteiger partial charge in [-0.1, -0.05) is 28.1 Å². The Hall–Kier alpha value is -2.12. The van der Waals surface area contributed by atoms with Crippen molar-refractivity contribution in [3.63, 3.8) is 0 Å². The van der Waals surface area contributed by atoms with E-state index in [9.17, 15) is 4.79 Å². The monoisotopic (exact) mass is 301 g/mol. The molecule has 0 bridgehead atoms. The normalized spacial score (nSPS) is 11.0. The number of carbonyl (C=O) groups excluding carboxylic acids is 1. The Kier molecular flexibility index (Phi) is 3.75. The number of benzene rings is 1. The van der Waals surface area contributed by atoms with Gasteiger partial charge in [-0.2, -0.15) is 5.26 Å². The molecule has 0 aliphatic rings. The molecule has 0 fully saturated rings. The van der Waals surface area contributed by atoms with Crippen molar-refractivity contribution in [1.82, 2.24) is 0 Å². The molecule has 2 aromatic rings. The van der Waals surface area contributed by atoms with E-state index in [-0.39, 0.29) is 11.3 Å². The zero-order valence-electron chi connectivity index (χ0n) is 9.26. The highest BCUT2D eigenvalue weighted by molar-refractivity contribution is 9.10. The molecule has 1 aromatic carbocycles. The zero-order valence-corrected chi connectivity index (χ0v) is 10.8. The Morgan fingerprint density at radius 2 is 2.17 bits per heavy atom. The predicted octanol–water partition coefficient (Wildman–Crippen LogP) is 3.83. The number of ketones is 1. The maximum absolute atomic E-state index is 11.9. The fourth-order valence-corrected chi connectivity index (χ4v) is 1.87. The van der Waals surface area contributed by atoms with E-state index >= 15 is 0 Å². The number of carbonyl (C=O) groups is 1. The van der Waals surface area contributed by atoms with Crippen LogP contribution in [0.15, 0.2) is 57.1 Å². The van der Waals surface area contributed by atoms with E-state index in [0.717, 1.165) is 10.0 Å². The molecular formula is C14H8BrNO2. The lowest BCUT2D eigenvalue weighted by atomic mass is 10.1. The Morgan fingerprint density at radius 1 is 1.33 bits per heavy atom. The molecule has 0 spiro atoms. The number of nitrogens with zero attached hydrogens (tertiary/aromatic N) is 1. The fraction of sp³-hybridized carbons (Fsp3) is 0. The molecular weight excluding hydrogens is 294 g/mol. The number of furan rings is 1. The summed E-state index contributed by atoms with van der Waals surface area (Å²) in [5.74, 6) is -0.250. The van der Waals surface area contributed by atoms with Gasteiger partial charge in [0.25, 0.3) is 0 Å². The SMILES string of the molecule is N#C/C(=C\c1cccc(Br)c1)C(=O)c1ccco1. The van der Waals surface area contributed by atoms with Crippen LogP contribution in [0.5, 0.6) is 0 Å². The Labute approximate surface area is 112 Å². The van der Waals surface area contributed by atoms with E-state index in [2.05, 4.69) is 15.9 Å². The molecule has 0 atom stereocenters. The van der Waals surface area contributed by atoms with Gasteiger partial charge >= 0.3 is 0 Å². The Balaban J connectivity index is 2.35. The van der Waals surface area contributed by atoms with Gasteiger partial charge in [0, 0.05) is 4.47 Å². The molecule has 1 aromatic heterocycles. The van der Waals surface area contributed by atoms with Crippen LogP contribution in [0.1, 0.15) is 16.1 Å². The van der Waals surface area contributed by atoms with E-state index in [1.54, 1.807) is 6.07 Å². The summed E-state index contributed by atoms with van der Waals surface area (Å²) >= 11 is 3.33. The van der Waals surface area contributed by atoms with E-state index in [1.165, 1.54) is 18.4 Å². The van der Waals surface area contributed by atoms with Crippen LogP contribution >= 0.6 is 15.9 Å². The molecule has 88 valence electrons.